The van der Waals surface area contributed by atoms with Gasteiger partial charge in [-0.05, 0) is 25.6 Å². The Hall–Kier alpha value is -1.39. The summed E-state index contributed by atoms with van der Waals surface area (Å²) in [4.78, 5) is 11.4. The van der Waals surface area contributed by atoms with E-state index in [0.717, 1.165) is 5.56 Å². The summed E-state index contributed by atoms with van der Waals surface area (Å²) in [5, 5.41) is 2.94. The lowest BCUT2D eigenvalue weighted by Crippen LogP contribution is -2.34. The molecule has 3 N–H and O–H groups in total. The van der Waals surface area contributed by atoms with Crippen molar-refractivity contribution in [1.82, 2.24) is 5.32 Å². The fourth-order valence-corrected chi connectivity index (χ4v) is 1.25. The van der Waals surface area contributed by atoms with Crippen molar-refractivity contribution in [1.29, 1.82) is 0 Å². The molecule has 0 amide bonds. The van der Waals surface area contributed by atoms with Crippen LogP contribution in [0.2, 0.25) is 0 Å². The van der Waals surface area contributed by atoms with Gasteiger partial charge in [0.05, 0.1) is 0 Å². The number of esters is 1. The molecule has 0 radical (unpaired) electrons. The van der Waals surface area contributed by atoms with Gasteiger partial charge in [0.15, 0.2) is 0 Å². The van der Waals surface area contributed by atoms with Crippen molar-refractivity contribution in [2.24, 2.45) is 5.73 Å². The van der Waals surface area contributed by atoms with E-state index in [2.05, 4.69) is 5.32 Å². The van der Waals surface area contributed by atoms with Crippen molar-refractivity contribution < 1.29 is 9.53 Å². The van der Waals surface area contributed by atoms with Gasteiger partial charge in [0.2, 0.25) is 0 Å². The predicted molar refractivity (Wildman–Crippen MR) is 62.8 cm³/mol. The fraction of sp³-hybridized carbons (Fsp3) is 0.417. The van der Waals surface area contributed by atoms with Gasteiger partial charge in [0, 0.05) is 0 Å². The van der Waals surface area contributed by atoms with Crippen molar-refractivity contribution in [3.8, 4) is 0 Å². The van der Waals surface area contributed by atoms with Crippen molar-refractivity contribution >= 4 is 5.97 Å². The van der Waals surface area contributed by atoms with Gasteiger partial charge in [-0.15, -0.1) is 0 Å². The Balaban J connectivity index is 2.29. The van der Waals surface area contributed by atoms with E-state index in [0.29, 0.717) is 13.0 Å². The summed E-state index contributed by atoms with van der Waals surface area (Å²) in [5.41, 5.74) is 6.62. The average Bonchev–Trinajstić information content (AvgIpc) is 2.34. The lowest BCUT2D eigenvalue weighted by atomic mass is 10.2. The molecule has 0 aliphatic rings. The van der Waals surface area contributed by atoms with Crippen LogP contribution < -0.4 is 11.1 Å². The van der Waals surface area contributed by atoms with Crippen LogP contribution in [0.3, 0.4) is 0 Å². The fourth-order valence-electron chi connectivity index (χ4n) is 1.25. The Labute approximate surface area is 95.8 Å². The minimum absolute atomic E-state index is 0.285. The maximum absolute atomic E-state index is 11.4. The number of ether oxygens (including phenoxy) is 1. The zero-order chi connectivity index (χ0) is 11.8. The monoisotopic (exact) mass is 222 g/mol. The molecule has 88 valence electrons. The third-order valence-corrected chi connectivity index (χ3v) is 2.23. The molecule has 1 unspecified atom stereocenters. The number of hydrogen-bond acceptors (Lipinski definition) is 4. The number of nitrogens with one attached hydrogen (secondary N) is 1. The molecule has 0 aromatic heterocycles. The molecule has 4 heteroatoms. The summed E-state index contributed by atoms with van der Waals surface area (Å²) >= 11 is 0. The second-order valence-electron chi connectivity index (χ2n) is 3.59. The molecule has 0 saturated heterocycles. The molecule has 0 spiro atoms. The number of carbonyl (C=O) groups is 1. The van der Waals surface area contributed by atoms with Gasteiger partial charge < -0.3 is 15.8 Å². The van der Waals surface area contributed by atoms with Crippen LogP contribution in [0.25, 0.3) is 0 Å². The summed E-state index contributed by atoms with van der Waals surface area (Å²) in [7, 11) is 1.82. The zero-order valence-electron chi connectivity index (χ0n) is 9.48. The number of hydrogen-bond donors (Lipinski definition) is 2. The first-order valence-electron chi connectivity index (χ1n) is 5.34. The predicted octanol–water partition coefficient (Wildman–Crippen LogP) is 0.667. The molecule has 16 heavy (non-hydrogen) atoms. The van der Waals surface area contributed by atoms with Gasteiger partial charge in [0.25, 0.3) is 0 Å². The SMILES string of the molecule is CNCCC(N)C(=O)OCc1ccccc1. The molecule has 0 fully saturated rings. The first kappa shape index (κ1) is 12.7. The highest BCUT2D eigenvalue weighted by atomic mass is 16.5. The van der Waals surface area contributed by atoms with Crippen molar-refractivity contribution in [2.45, 2.75) is 19.1 Å². The second kappa shape index (κ2) is 6.98. The zero-order valence-corrected chi connectivity index (χ0v) is 9.48. The summed E-state index contributed by atoms with van der Waals surface area (Å²) in [6, 6.07) is 9.01. The van der Waals surface area contributed by atoms with Crippen LogP contribution in [0.1, 0.15) is 12.0 Å². The molecule has 0 aliphatic carbocycles. The van der Waals surface area contributed by atoms with E-state index in [-0.39, 0.29) is 12.6 Å². The average molecular weight is 222 g/mol. The number of rotatable bonds is 6. The normalized spacial score (nSPS) is 12.1. The van der Waals surface area contributed by atoms with Crippen molar-refractivity contribution in [3.05, 3.63) is 35.9 Å². The van der Waals surface area contributed by atoms with Crippen molar-refractivity contribution in [3.63, 3.8) is 0 Å². The van der Waals surface area contributed by atoms with Crippen LogP contribution >= 0.6 is 0 Å². The first-order chi connectivity index (χ1) is 7.74. The van der Waals surface area contributed by atoms with Gasteiger partial charge in [-0.2, -0.15) is 0 Å². The molecule has 4 nitrogen and oxygen atoms in total. The molecular weight excluding hydrogens is 204 g/mol. The largest absolute Gasteiger partial charge is 0.460 e. The number of carbonyl (C=O) groups excluding carboxylic acids is 1. The Kier molecular flexibility index (Phi) is 5.53. The maximum Gasteiger partial charge on any atom is 0.323 e. The minimum atomic E-state index is -0.545. The van der Waals surface area contributed by atoms with E-state index in [1.165, 1.54) is 0 Å². The van der Waals surface area contributed by atoms with Crippen LogP contribution in [0.15, 0.2) is 30.3 Å². The summed E-state index contributed by atoms with van der Waals surface area (Å²) in [6.45, 7) is 0.995. The van der Waals surface area contributed by atoms with Crippen molar-refractivity contribution in [2.75, 3.05) is 13.6 Å². The second-order valence-corrected chi connectivity index (χ2v) is 3.59. The third kappa shape index (κ3) is 4.42. The van der Waals surface area contributed by atoms with Gasteiger partial charge in [-0.3, -0.25) is 4.79 Å². The summed E-state index contributed by atoms with van der Waals surface area (Å²) in [6.07, 6.45) is 0.587. The molecule has 0 heterocycles. The summed E-state index contributed by atoms with van der Waals surface area (Å²) in [5.74, 6) is -0.348. The van der Waals surface area contributed by atoms with Gasteiger partial charge in [0.1, 0.15) is 12.6 Å². The van der Waals surface area contributed by atoms with Crippen LogP contribution in [0, 0.1) is 0 Å². The minimum Gasteiger partial charge on any atom is -0.460 e. The Morgan fingerprint density at radius 1 is 1.44 bits per heavy atom. The maximum atomic E-state index is 11.4. The molecule has 0 bridgehead atoms. The van der Waals surface area contributed by atoms with E-state index in [1.807, 2.05) is 37.4 Å². The molecule has 0 aliphatic heterocycles. The highest BCUT2D eigenvalue weighted by molar-refractivity contribution is 5.75. The van der Waals surface area contributed by atoms with E-state index in [1.54, 1.807) is 0 Å². The molecule has 1 atom stereocenters. The third-order valence-electron chi connectivity index (χ3n) is 2.23. The van der Waals surface area contributed by atoms with E-state index < -0.39 is 6.04 Å². The smallest absolute Gasteiger partial charge is 0.323 e. The van der Waals surface area contributed by atoms with E-state index in [9.17, 15) is 4.79 Å². The molecule has 1 aromatic rings. The molecule has 0 saturated carbocycles. The van der Waals surface area contributed by atoms with Gasteiger partial charge in [-0.25, -0.2) is 0 Å². The first-order valence-corrected chi connectivity index (χ1v) is 5.34. The topological polar surface area (TPSA) is 64.3 Å². The van der Waals surface area contributed by atoms with Crippen LogP contribution in [-0.4, -0.2) is 25.6 Å². The van der Waals surface area contributed by atoms with Crippen LogP contribution in [0.4, 0.5) is 0 Å². The van der Waals surface area contributed by atoms with Crippen LogP contribution in [-0.2, 0) is 16.1 Å². The van der Waals surface area contributed by atoms with E-state index >= 15 is 0 Å². The van der Waals surface area contributed by atoms with E-state index in [4.69, 9.17) is 10.5 Å². The van der Waals surface area contributed by atoms with Gasteiger partial charge >= 0.3 is 5.97 Å². The number of nitrogens with two attached hydrogens (primary N) is 1. The Morgan fingerprint density at radius 2 is 2.12 bits per heavy atom. The number of benzene rings is 1. The Morgan fingerprint density at radius 3 is 2.75 bits per heavy atom. The standard InChI is InChI=1S/C12H18N2O2/c1-14-8-7-11(13)12(15)16-9-10-5-3-2-4-6-10/h2-6,11,14H,7-9,13H2,1H3. The molecule has 1 rings (SSSR count). The lowest BCUT2D eigenvalue weighted by molar-refractivity contribution is -0.146. The molecular formula is C12H18N2O2. The highest BCUT2D eigenvalue weighted by Crippen LogP contribution is 2.02. The highest BCUT2D eigenvalue weighted by Gasteiger charge is 2.13. The quantitative estimate of drug-likeness (QED) is 0.694. The Bertz CT molecular complexity index is 314. The van der Waals surface area contributed by atoms with Crippen LogP contribution in [0.5, 0.6) is 0 Å². The van der Waals surface area contributed by atoms with Gasteiger partial charge in [-0.1, -0.05) is 30.3 Å². The molecule has 1 aromatic carbocycles. The summed E-state index contributed by atoms with van der Waals surface area (Å²) < 4.78 is 5.10. The lowest BCUT2D eigenvalue weighted by Gasteiger charge is -2.11.